The van der Waals surface area contributed by atoms with Crippen LogP contribution in [0.5, 0.6) is 0 Å². The van der Waals surface area contributed by atoms with Gasteiger partial charge >= 0.3 is 11.9 Å². The maximum atomic E-state index is 12.1. The molecule has 0 N–H and O–H groups in total. The third kappa shape index (κ3) is 2.93. The average Bonchev–Trinajstić information content (AvgIpc) is 2.72. The number of fused-ring (bicyclic) bond motifs is 1. The van der Waals surface area contributed by atoms with Gasteiger partial charge in [-0.2, -0.15) is 0 Å². The first-order valence-corrected chi connectivity index (χ1v) is 11.6. The summed E-state index contributed by atoms with van der Waals surface area (Å²) in [4.78, 5) is 24.2. The summed E-state index contributed by atoms with van der Waals surface area (Å²) in [5.74, 6) is -1.37. The summed E-state index contributed by atoms with van der Waals surface area (Å²) in [5.41, 5.74) is 2.41. The van der Waals surface area contributed by atoms with E-state index in [9.17, 15) is 9.59 Å². The van der Waals surface area contributed by atoms with E-state index < -0.39 is 8.07 Å². The van der Waals surface area contributed by atoms with Gasteiger partial charge in [0.15, 0.2) is 0 Å². The van der Waals surface area contributed by atoms with E-state index in [1.807, 2.05) is 30.3 Å². The minimum Gasteiger partial charge on any atom is -0.393 e. The van der Waals surface area contributed by atoms with Crippen molar-refractivity contribution in [2.24, 2.45) is 11.8 Å². The summed E-state index contributed by atoms with van der Waals surface area (Å²) < 4.78 is 4.94. The standard InChI is InChI=1S/C18H22O3Si/c1-22(2,3)11-12-9-14(13-7-5-4-6-8-13)16-15(10-12)17(19)21-18(16)20/h4-9,14-16H,10-11H2,1-3H3/t14-,15-,16+/m1/s1. The molecule has 4 heteroatoms. The van der Waals surface area contributed by atoms with Crippen molar-refractivity contribution in [1.29, 1.82) is 0 Å². The monoisotopic (exact) mass is 314 g/mol. The number of allylic oxidation sites excluding steroid dienone is 2. The van der Waals surface area contributed by atoms with E-state index in [0.29, 0.717) is 6.42 Å². The van der Waals surface area contributed by atoms with Crippen molar-refractivity contribution in [1.82, 2.24) is 0 Å². The maximum Gasteiger partial charge on any atom is 0.318 e. The number of carbonyl (C=O) groups excluding carboxylic acids is 2. The molecule has 2 aliphatic rings. The molecule has 0 aromatic heterocycles. The molecule has 1 heterocycles. The second-order valence-electron chi connectivity index (χ2n) is 7.58. The Bertz CT molecular complexity index is 627. The lowest BCUT2D eigenvalue weighted by Gasteiger charge is -2.31. The highest BCUT2D eigenvalue weighted by Gasteiger charge is 2.50. The number of hydrogen-bond acceptors (Lipinski definition) is 3. The quantitative estimate of drug-likeness (QED) is 0.369. The van der Waals surface area contributed by atoms with Gasteiger partial charge in [-0.1, -0.05) is 61.6 Å². The predicted octanol–water partition coefficient (Wildman–Crippen LogP) is 3.75. The van der Waals surface area contributed by atoms with Gasteiger partial charge in [-0.25, -0.2) is 0 Å². The van der Waals surface area contributed by atoms with Crippen LogP contribution in [0.3, 0.4) is 0 Å². The van der Waals surface area contributed by atoms with E-state index in [1.54, 1.807) is 0 Å². The van der Waals surface area contributed by atoms with E-state index in [2.05, 4.69) is 25.7 Å². The molecule has 1 aromatic rings. The summed E-state index contributed by atoms with van der Waals surface area (Å²) in [5, 5.41) is 0. The minimum atomic E-state index is -1.26. The number of esters is 2. The van der Waals surface area contributed by atoms with Crippen LogP contribution in [0.2, 0.25) is 25.7 Å². The fourth-order valence-corrected chi connectivity index (χ4v) is 5.28. The highest BCUT2D eigenvalue weighted by molar-refractivity contribution is 6.76. The van der Waals surface area contributed by atoms with Gasteiger partial charge in [-0.3, -0.25) is 9.59 Å². The van der Waals surface area contributed by atoms with Crippen LogP contribution < -0.4 is 0 Å². The molecule has 0 saturated carbocycles. The van der Waals surface area contributed by atoms with E-state index in [-0.39, 0.29) is 29.7 Å². The molecule has 0 spiro atoms. The Balaban J connectivity index is 2.00. The van der Waals surface area contributed by atoms with Crippen molar-refractivity contribution < 1.29 is 14.3 Å². The van der Waals surface area contributed by atoms with Crippen molar-refractivity contribution in [2.75, 3.05) is 0 Å². The topological polar surface area (TPSA) is 43.4 Å². The zero-order valence-corrected chi connectivity index (χ0v) is 14.3. The lowest BCUT2D eigenvalue weighted by Crippen LogP contribution is -2.30. The van der Waals surface area contributed by atoms with E-state index in [0.717, 1.165) is 11.6 Å². The molecule has 1 fully saturated rings. The van der Waals surface area contributed by atoms with Crippen molar-refractivity contribution in [3.8, 4) is 0 Å². The molecule has 3 rings (SSSR count). The van der Waals surface area contributed by atoms with Crippen LogP contribution in [0, 0.1) is 11.8 Å². The van der Waals surface area contributed by atoms with E-state index in [4.69, 9.17) is 4.74 Å². The van der Waals surface area contributed by atoms with Gasteiger partial charge in [0, 0.05) is 14.0 Å². The van der Waals surface area contributed by atoms with Crippen LogP contribution >= 0.6 is 0 Å². The summed E-state index contributed by atoms with van der Waals surface area (Å²) in [6, 6.07) is 11.1. The van der Waals surface area contributed by atoms with Crippen LogP contribution in [0.25, 0.3) is 0 Å². The number of ether oxygens (including phenoxy) is 1. The second-order valence-corrected chi connectivity index (χ2v) is 13.1. The van der Waals surface area contributed by atoms with Crippen molar-refractivity contribution >= 4 is 20.0 Å². The molecule has 116 valence electrons. The third-order valence-corrected chi connectivity index (χ3v) is 5.95. The molecule has 0 unspecified atom stereocenters. The van der Waals surface area contributed by atoms with Crippen LogP contribution in [0.15, 0.2) is 42.0 Å². The lowest BCUT2D eigenvalue weighted by molar-refractivity contribution is -0.153. The molecule has 0 amide bonds. The maximum absolute atomic E-state index is 12.1. The summed E-state index contributed by atoms with van der Waals surface area (Å²) >= 11 is 0. The van der Waals surface area contributed by atoms with Crippen LogP contribution in [0.4, 0.5) is 0 Å². The van der Waals surface area contributed by atoms with Crippen LogP contribution in [0.1, 0.15) is 17.9 Å². The SMILES string of the molecule is C[Si](C)(C)CC1=C[C@H](c2ccccc2)[C@@H]2C(=O)OC(=O)[C@@H]2C1. The molecule has 3 nitrogen and oxygen atoms in total. The van der Waals surface area contributed by atoms with Gasteiger partial charge in [-0.05, 0) is 18.0 Å². The first-order valence-electron chi connectivity index (χ1n) is 7.85. The third-order valence-electron chi connectivity index (χ3n) is 4.44. The molecule has 0 bridgehead atoms. The highest BCUT2D eigenvalue weighted by Crippen LogP contribution is 2.46. The molecule has 3 atom stereocenters. The number of carbonyl (C=O) groups is 2. The van der Waals surface area contributed by atoms with E-state index in [1.165, 1.54) is 5.57 Å². The van der Waals surface area contributed by atoms with Gasteiger partial charge in [0.2, 0.25) is 0 Å². The predicted molar refractivity (Wildman–Crippen MR) is 88.1 cm³/mol. The van der Waals surface area contributed by atoms with Gasteiger partial charge in [0.1, 0.15) is 0 Å². The van der Waals surface area contributed by atoms with E-state index >= 15 is 0 Å². The highest BCUT2D eigenvalue weighted by atomic mass is 28.3. The molecular formula is C18H22O3Si. The Morgan fingerprint density at radius 3 is 2.41 bits per heavy atom. The van der Waals surface area contributed by atoms with Gasteiger partial charge in [-0.15, -0.1) is 0 Å². The Morgan fingerprint density at radius 2 is 1.77 bits per heavy atom. The van der Waals surface area contributed by atoms with Crippen molar-refractivity contribution in [2.45, 2.75) is 38.0 Å². The second kappa shape index (κ2) is 5.50. The van der Waals surface area contributed by atoms with Gasteiger partial charge < -0.3 is 4.74 Å². The molecule has 1 aromatic carbocycles. The zero-order valence-electron chi connectivity index (χ0n) is 13.3. The van der Waals surface area contributed by atoms with Crippen molar-refractivity contribution in [3.63, 3.8) is 0 Å². The number of cyclic esters (lactones) is 2. The Morgan fingerprint density at radius 1 is 1.09 bits per heavy atom. The van der Waals surface area contributed by atoms with Gasteiger partial charge in [0.05, 0.1) is 11.8 Å². The molecule has 1 saturated heterocycles. The smallest absolute Gasteiger partial charge is 0.318 e. The zero-order chi connectivity index (χ0) is 15.9. The Kier molecular flexibility index (Phi) is 3.81. The largest absolute Gasteiger partial charge is 0.393 e. The molecule has 1 aliphatic heterocycles. The number of benzene rings is 1. The molecular weight excluding hydrogens is 292 g/mol. The molecule has 0 radical (unpaired) electrons. The Hall–Kier alpha value is -1.68. The fraction of sp³-hybridized carbons (Fsp3) is 0.444. The first kappa shape index (κ1) is 15.2. The lowest BCUT2D eigenvalue weighted by atomic mass is 9.72. The minimum absolute atomic E-state index is 0.0368. The summed E-state index contributed by atoms with van der Waals surface area (Å²) in [6.07, 6.45) is 2.91. The van der Waals surface area contributed by atoms with Gasteiger partial charge in [0.25, 0.3) is 0 Å². The number of rotatable bonds is 3. The molecule has 1 aliphatic carbocycles. The van der Waals surface area contributed by atoms with Crippen LogP contribution in [-0.2, 0) is 14.3 Å². The molecule has 22 heavy (non-hydrogen) atoms. The summed E-state index contributed by atoms with van der Waals surface area (Å²) in [6.45, 7) is 6.99. The van der Waals surface area contributed by atoms with Crippen molar-refractivity contribution in [3.05, 3.63) is 47.5 Å². The first-order chi connectivity index (χ1) is 10.3. The average molecular weight is 314 g/mol. The Labute approximate surface area is 132 Å². The normalized spacial score (nSPS) is 28.1. The number of hydrogen-bond donors (Lipinski definition) is 0. The fourth-order valence-electron chi connectivity index (χ4n) is 3.66. The van der Waals surface area contributed by atoms with Crippen LogP contribution in [-0.4, -0.2) is 20.0 Å². The summed E-state index contributed by atoms with van der Waals surface area (Å²) in [7, 11) is -1.26.